The van der Waals surface area contributed by atoms with E-state index in [9.17, 15) is 13.2 Å². The molecule has 0 fully saturated rings. The summed E-state index contributed by atoms with van der Waals surface area (Å²) in [6, 6.07) is 24.3. The minimum atomic E-state index is -3.79. The van der Waals surface area contributed by atoms with Crippen LogP contribution in [0.3, 0.4) is 0 Å². The lowest BCUT2D eigenvalue weighted by molar-refractivity contribution is -0.118. The van der Waals surface area contributed by atoms with Crippen molar-refractivity contribution in [3.8, 4) is 5.75 Å². The number of carbonyl (C=O) groups is 1. The fourth-order valence-corrected chi connectivity index (χ4v) is 4.59. The van der Waals surface area contributed by atoms with Gasteiger partial charge in [-0.05, 0) is 49.4 Å². The number of fused-ring (bicyclic) bond motifs is 1. The monoisotopic (exact) mass is 461 g/mol. The summed E-state index contributed by atoms with van der Waals surface area (Å²) in [6.07, 6.45) is 0. The Morgan fingerprint density at radius 3 is 2.52 bits per heavy atom. The van der Waals surface area contributed by atoms with Gasteiger partial charge in [-0.1, -0.05) is 42.5 Å². The first-order chi connectivity index (χ1) is 15.8. The van der Waals surface area contributed by atoms with Crippen molar-refractivity contribution in [3.63, 3.8) is 0 Å². The number of ether oxygens (including phenoxy) is 1. The van der Waals surface area contributed by atoms with E-state index in [1.165, 1.54) is 23.5 Å². The van der Waals surface area contributed by atoms with Crippen LogP contribution in [-0.2, 0) is 14.8 Å². The number of pyridine rings is 1. The van der Waals surface area contributed by atoms with Crippen molar-refractivity contribution in [2.75, 3.05) is 23.3 Å². The number of aryl methyl sites for hydroxylation is 1. The van der Waals surface area contributed by atoms with Gasteiger partial charge in [-0.3, -0.25) is 9.10 Å². The number of sulfonamides is 1. The molecule has 0 unspecified atom stereocenters. The molecule has 33 heavy (non-hydrogen) atoms. The number of hydrogen-bond donors (Lipinski definition) is 1. The van der Waals surface area contributed by atoms with Gasteiger partial charge in [-0.25, -0.2) is 13.4 Å². The van der Waals surface area contributed by atoms with Crippen molar-refractivity contribution in [2.24, 2.45) is 0 Å². The second kappa shape index (κ2) is 9.30. The topological polar surface area (TPSA) is 88.6 Å². The van der Waals surface area contributed by atoms with Crippen LogP contribution in [0.15, 0.2) is 89.8 Å². The zero-order chi connectivity index (χ0) is 23.4. The molecule has 0 spiro atoms. The van der Waals surface area contributed by atoms with Crippen molar-refractivity contribution >= 4 is 38.2 Å². The van der Waals surface area contributed by atoms with Gasteiger partial charge in [-0.2, -0.15) is 0 Å². The molecule has 0 aliphatic rings. The maximum absolute atomic E-state index is 13.0. The SMILES string of the molecule is Cc1ccc2cccc(OCC(=O)Nc3cccc(S(=O)(=O)N(C)c4ccccc4)c3)c2n1. The van der Waals surface area contributed by atoms with E-state index in [0.29, 0.717) is 22.6 Å². The first-order valence-electron chi connectivity index (χ1n) is 10.3. The molecule has 8 heteroatoms. The van der Waals surface area contributed by atoms with Crippen LogP contribution < -0.4 is 14.4 Å². The lowest BCUT2D eigenvalue weighted by atomic mass is 10.2. The highest BCUT2D eigenvalue weighted by Crippen LogP contribution is 2.25. The fraction of sp³-hybridized carbons (Fsp3) is 0.120. The summed E-state index contributed by atoms with van der Waals surface area (Å²) in [6.45, 7) is 1.65. The quantitative estimate of drug-likeness (QED) is 0.441. The van der Waals surface area contributed by atoms with Gasteiger partial charge in [0.15, 0.2) is 6.61 Å². The number of aromatic nitrogens is 1. The van der Waals surface area contributed by atoms with Gasteiger partial charge in [0.2, 0.25) is 0 Å². The van der Waals surface area contributed by atoms with E-state index in [4.69, 9.17) is 4.74 Å². The second-order valence-corrected chi connectivity index (χ2v) is 9.42. The molecule has 1 heterocycles. The predicted molar refractivity (Wildman–Crippen MR) is 129 cm³/mol. The summed E-state index contributed by atoms with van der Waals surface area (Å²) in [5.74, 6) is 0.0952. The molecule has 4 aromatic rings. The number of anilines is 2. The zero-order valence-corrected chi connectivity index (χ0v) is 19.0. The van der Waals surface area contributed by atoms with E-state index in [1.54, 1.807) is 42.5 Å². The summed E-state index contributed by atoms with van der Waals surface area (Å²) in [7, 11) is -2.30. The maximum atomic E-state index is 13.0. The number of nitrogens with zero attached hydrogens (tertiary/aromatic N) is 2. The van der Waals surface area contributed by atoms with Gasteiger partial charge in [0, 0.05) is 23.8 Å². The van der Waals surface area contributed by atoms with Crippen LogP contribution in [0.4, 0.5) is 11.4 Å². The largest absolute Gasteiger partial charge is 0.481 e. The van der Waals surface area contributed by atoms with E-state index in [0.717, 1.165) is 11.1 Å². The van der Waals surface area contributed by atoms with Crippen LogP contribution in [0.2, 0.25) is 0 Å². The van der Waals surface area contributed by atoms with Gasteiger partial charge in [0.25, 0.3) is 15.9 Å². The minimum absolute atomic E-state index is 0.0706. The fourth-order valence-electron chi connectivity index (χ4n) is 3.34. The van der Waals surface area contributed by atoms with Crippen LogP contribution in [0.1, 0.15) is 5.69 Å². The normalized spacial score (nSPS) is 11.2. The summed E-state index contributed by atoms with van der Waals surface area (Å²) in [5, 5.41) is 3.61. The molecule has 0 aliphatic heterocycles. The Labute approximate surface area is 192 Å². The molecule has 0 saturated carbocycles. The number of para-hydroxylation sites is 2. The van der Waals surface area contributed by atoms with E-state index in [2.05, 4.69) is 10.3 Å². The number of hydrogen-bond acceptors (Lipinski definition) is 5. The lowest BCUT2D eigenvalue weighted by Gasteiger charge is -2.20. The third-order valence-electron chi connectivity index (χ3n) is 5.08. The summed E-state index contributed by atoms with van der Waals surface area (Å²) < 4.78 is 32.9. The molecule has 0 aliphatic carbocycles. The average molecular weight is 462 g/mol. The Morgan fingerprint density at radius 1 is 0.970 bits per heavy atom. The van der Waals surface area contributed by atoms with E-state index < -0.39 is 15.9 Å². The third-order valence-corrected chi connectivity index (χ3v) is 6.86. The second-order valence-electron chi connectivity index (χ2n) is 7.45. The first kappa shape index (κ1) is 22.3. The van der Waals surface area contributed by atoms with Gasteiger partial charge in [-0.15, -0.1) is 0 Å². The molecule has 0 radical (unpaired) electrons. The van der Waals surface area contributed by atoms with E-state index >= 15 is 0 Å². The maximum Gasteiger partial charge on any atom is 0.264 e. The van der Waals surface area contributed by atoms with Gasteiger partial charge in [0.1, 0.15) is 11.3 Å². The highest BCUT2D eigenvalue weighted by atomic mass is 32.2. The molecule has 4 rings (SSSR count). The average Bonchev–Trinajstić information content (AvgIpc) is 2.83. The smallest absolute Gasteiger partial charge is 0.264 e. The molecule has 168 valence electrons. The third kappa shape index (κ3) is 4.96. The zero-order valence-electron chi connectivity index (χ0n) is 18.2. The summed E-state index contributed by atoms with van der Waals surface area (Å²) >= 11 is 0. The highest BCUT2D eigenvalue weighted by molar-refractivity contribution is 7.92. The summed E-state index contributed by atoms with van der Waals surface area (Å²) in [5.41, 5.74) is 2.43. The Bertz CT molecular complexity index is 1410. The van der Waals surface area contributed by atoms with Crippen molar-refractivity contribution in [2.45, 2.75) is 11.8 Å². The molecular formula is C25H23N3O4S. The van der Waals surface area contributed by atoms with E-state index in [1.807, 2.05) is 37.3 Å². The molecule has 0 atom stereocenters. The van der Waals surface area contributed by atoms with Gasteiger partial charge in [0.05, 0.1) is 10.6 Å². The van der Waals surface area contributed by atoms with Crippen LogP contribution in [0.5, 0.6) is 5.75 Å². The predicted octanol–water partition coefficient (Wildman–Crippen LogP) is 4.39. The Morgan fingerprint density at radius 2 is 1.73 bits per heavy atom. The number of carbonyl (C=O) groups excluding carboxylic acids is 1. The van der Waals surface area contributed by atoms with Crippen LogP contribution in [-0.4, -0.2) is 33.0 Å². The Kier molecular flexibility index (Phi) is 6.28. The minimum Gasteiger partial charge on any atom is -0.481 e. The van der Waals surface area contributed by atoms with Crippen LogP contribution in [0, 0.1) is 6.92 Å². The van der Waals surface area contributed by atoms with Crippen LogP contribution in [0.25, 0.3) is 10.9 Å². The number of amides is 1. The highest BCUT2D eigenvalue weighted by Gasteiger charge is 2.21. The number of benzene rings is 3. The first-order valence-corrected chi connectivity index (χ1v) is 11.7. The van der Waals surface area contributed by atoms with E-state index in [-0.39, 0.29) is 11.5 Å². The standard InChI is InChI=1S/C25H23N3O4S/c1-18-14-15-19-8-6-13-23(25(19)26-18)32-17-24(29)27-20-9-7-12-22(16-20)33(30,31)28(2)21-10-4-3-5-11-21/h3-16H,17H2,1-2H3,(H,27,29). The molecule has 0 saturated heterocycles. The lowest BCUT2D eigenvalue weighted by Crippen LogP contribution is -2.26. The number of nitrogens with one attached hydrogen (secondary N) is 1. The molecule has 7 nitrogen and oxygen atoms in total. The molecule has 1 aromatic heterocycles. The molecule has 1 N–H and O–H groups in total. The van der Waals surface area contributed by atoms with Crippen molar-refractivity contribution in [3.05, 3.63) is 90.6 Å². The van der Waals surface area contributed by atoms with Crippen molar-refractivity contribution in [1.29, 1.82) is 0 Å². The van der Waals surface area contributed by atoms with Crippen molar-refractivity contribution < 1.29 is 17.9 Å². The Balaban J connectivity index is 1.47. The molecule has 1 amide bonds. The summed E-state index contributed by atoms with van der Waals surface area (Å²) in [4.78, 5) is 17.0. The number of rotatable bonds is 7. The van der Waals surface area contributed by atoms with Gasteiger partial charge >= 0.3 is 0 Å². The van der Waals surface area contributed by atoms with Gasteiger partial charge < -0.3 is 10.1 Å². The molecular weight excluding hydrogens is 438 g/mol. The molecule has 3 aromatic carbocycles. The van der Waals surface area contributed by atoms with Crippen molar-refractivity contribution in [1.82, 2.24) is 4.98 Å². The van der Waals surface area contributed by atoms with Crippen LogP contribution >= 0.6 is 0 Å². The Hall–Kier alpha value is -3.91. The molecule has 0 bridgehead atoms.